The molecule has 2 nitrogen and oxygen atoms in total. The lowest BCUT2D eigenvalue weighted by Crippen LogP contribution is -2.15. The average molecular weight is 341 g/mol. The van der Waals surface area contributed by atoms with Gasteiger partial charge in [-0.2, -0.15) is 0 Å². The van der Waals surface area contributed by atoms with Crippen LogP contribution in [0, 0.1) is 11.8 Å². The van der Waals surface area contributed by atoms with Gasteiger partial charge in [0.05, 0.1) is 6.61 Å². The lowest BCUT2D eigenvalue weighted by molar-refractivity contribution is -0.145. The molecular formula is C22H44O2. The number of hydrogen-bond donors (Lipinski definition) is 0. The van der Waals surface area contributed by atoms with Crippen LogP contribution in [0.15, 0.2) is 0 Å². The molecule has 0 aromatic rings. The first kappa shape index (κ1) is 23.5. The Morgan fingerprint density at radius 3 is 1.88 bits per heavy atom. The van der Waals surface area contributed by atoms with Crippen LogP contribution in [0.3, 0.4) is 0 Å². The van der Waals surface area contributed by atoms with Gasteiger partial charge in [0.2, 0.25) is 0 Å². The molecule has 0 aliphatic rings. The molecule has 2 heteroatoms. The summed E-state index contributed by atoms with van der Waals surface area (Å²) >= 11 is 0. The van der Waals surface area contributed by atoms with Crippen LogP contribution in [0.25, 0.3) is 0 Å². The van der Waals surface area contributed by atoms with E-state index in [0.717, 1.165) is 12.3 Å². The molecule has 0 N–H and O–H groups in total. The van der Waals surface area contributed by atoms with E-state index in [1.165, 1.54) is 77.0 Å². The maximum Gasteiger partial charge on any atom is 0.305 e. The van der Waals surface area contributed by atoms with Gasteiger partial charge in [-0.15, -0.1) is 0 Å². The molecule has 0 aliphatic carbocycles. The molecular weight excluding hydrogens is 296 g/mol. The summed E-state index contributed by atoms with van der Waals surface area (Å²) in [7, 11) is 0. The minimum Gasteiger partial charge on any atom is -0.465 e. The normalized spacial score (nSPS) is 12.5. The van der Waals surface area contributed by atoms with Gasteiger partial charge < -0.3 is 4.74 Å². The SMILES string of the molecule is CCCCCCCCCCCC(=O)OCC(CCC)CCC(C)C. The number of unbranched alkanes of at least 4 members (excludes halogenated alkanes) is 8. The fraction of sp³-hybridized carbons (Fsp3) is 0.955. The summed E-state index contributed by atoms with van der Waals surface area (Å²) < 4.78 is 5.52. The third-order valence-electron chi connectivity index (χ3n) is 4.81. The largest absolute Gasteiger partial charge is 0.465 e. The third-order valence-corrected chi connectivity index (χ3v) is 4.81. The minimum absolute atomic E-state index is 0.0172. The van der Waals surface area contributed by atoms with Crippen LogP contribution in [0.2, 0.25) is 0 Å². The molecule has 1 unspecified atom stereocenters. The van der Waals surface area contributed by atoms with Gasteiger partial charge in [-0.1, -0.05) is 91.9 Å². The molecule has 0 bridgehead atoms. The van der Waals surface area contributed by atoms with E-state index in [-0.39, 0.29) is 5.97 Å². The summed E-state index contributed by atoms with van der Waals surface area (Å²) in [5, 5.41) is 0. The summed E-state index contributed by atoms with van der Waals surface area (Å²) in [5.41, 5.74) is 0. The molecule has 24 heavy (non-hydrogen) atoms. The van der Waals surface area contributed by atoms with E-state index in [1.54, 1.807) is 0 Å². The Hall–Kier alpha value is -0.530. The van der Waals surface area contributed by atoms with E-state index in [2.05, 4.69) is 27.7 Å². The molecule has 0 radical (unpaired) electrons. The zero-order chi connectivity index (χ0) is 18.0. The number of esters is 1. The fourth-order valence-corrected chi connectivity index (χ4v) is 3.15. The molecule has 0 saturated heterocycles. The van der Waals surface area contributed by atoms with Gasteiger partial charge in [-0.25, -0.2) is 0 Å². The van der Waals surface area contributed by atoms with Crippen LogP contribution in [-0.4, -0.2) is 12.6 Å². The summed E-state index contributed by atoms with van der Waals surface area (Å²) in [6.45, 7) is 9.63. The van der Waals surface area contributed by atoms with E-state index in [4.69, 9.17) is 4.74 Å². The van der Waals surface area contributed by atoms with Crippen molar-refractivity contribution in [3.8, 4) is 0 Å². The van der Waals surface area contributed by atoms with Gasteiger partial charge in [-0.05, 0) is 31.1 Å². The first-order valence-corrected chi connectivity index (χ1v) is 10.8. The molecule has 0 aromatic heterocycles. The Morgan fingerprint density at radius 1 is 0.750 bits per heavy atom. The molecule has 0 saturated carbocycles. The van der Waals surface area contributed by atoms with Crippen LogP contribution < -0.4 is 0 Å². The van der Waals surface area contributed by atoms with Crippen molar-refractivity contribution in [3.05, 3.63) is 0 Å². The summed E-state index contributed by atoms with van der Waals surface area (Å²) in [4.78, 5) is 11.9. The Morgan fingerprint density at radius 2 is 1.33 bits per heavy atom. The zero-order valence-electron chi connectivity index (χ0n) is 17.1. The second-order valence-electron chi connectivity index (χ2n) is 7.89. The van der Waals surface area contributed by atoms with Crippen molar-refractivity contribution < 1.29 is 9.53 Å². The van der Waals surface area contributed by atoms with Gasteiger partial charge in [0.25, 0.3) is 0 Å². The van der Waals surface area contributed by atoms with Crippen molar-refractivity contribution >= 4 is 5.97 Å². The number of carbonyl (C=O) groups excluding carboxylic acids is 1. The molecule has 0 aromatic carbocycles. The lowest BCUT2D eigenvalue weighted by Gasteiger charge is -2.17. The number of rotatable bonds is 17. The monoisotopic (exact) mass is 340 g/mol. The van der Waals surface area contributed by atoms with E-state index < -0.39 is 0 Å². The van der Waals surface area contributed by atoms with E-state index >= 15 is 0 Å². The number of ether oxygens (including phenoxy) is 1. The highest BCUT2D eigenvalue weighted by Gasteiger charge is 2.12. The molecule has 1 atom stereocenters. The zero-order valence-corrected chi connectivity index (χ0v) is 17.1. The minimum atomic E-state index is 0.0172. The van der Waals surface area contributed by atoms with Crippen LogP contribution in [0.1, 0.15) is 118 Å². The third kappa shape index (κ3) is 16.3. The van der Waals surface area contributed by atoms with Crippen molar-refractivity contribution in [2.45, 2.75) is 118 Å². The van der Waals surface area contributed by atoms with Crippen molar-refractivity contribution in [2.24, 2.45) is 11.8 Å². The molecule has 0 spiro atoms. The lowest BCUT2D eigenvalue weighted by atomic mass is 9.95. The first-order chi connectivity index (χ1) is 11.6. The van der Waals surface area contributed by atoms with E-state index in [0.29, 0.717) is 18.9 Å². The average Bonchev–Trinajstić information content (AvgIpc) is 2.55. The van der Waals surface area contributed by atoms with Crippen molar-refractivity contribution in [1.29, 1.82) is 0 Å². The maximum atomic E-state index is 11.9. The van der Waals surface area contributed by atoms with Crippen LogP contribution in [0.4, 0.5) is 0 Å². The second-order valence-corrected chi connectivity index (χ2v) is 7.89. The van der Waals surface area contributed by atoms with Gasteiger partial charge in [0, 0.05) is 6.42 Å². The Balaban J connectivity index is 3.55. The van der Waals surface area contributed by atoms with Crippen LogP contribution >= 0.6 is 0 Å². The van der Waals surface area contributed by atoms with E-state index in [9.17, 15) is 4.79 Å². The van der Waals surface area contributed by atoms with Crippen LogP contribution in [-0.2, 0) is 9.53 Å². The highest BCUT2D eigenvalue weighted by Crippen LogP contribution is 2.18. The van der Waals surface area contributed by atoms with Gasteiger partial charge >= 0.3 is 5.97 Å². The predicted molar refractivity (Wildman–Crippen MR) is 105 cm³/mol. The maximum absolute atomic E-state index is 11.9. The Kier molecular flexibility index (Phi) is 16.9. The Bertz CT molecular complexity index is 273. The molecule has 0 amide bonds. The van der Waals surface area contributed by atoms with Crippen LogP contribution in [0.5, 0.6) is 0 Å². The molecule has 0 fully saturated rings. The van der Waals surface area contributed by atoms with E-state index in [1.807, 2.05) is 0 Å². The van der Waals surface area contributed by atoms with Gasteiger partial charge in [0.15, 0.2) is 0 Å². The van der Waals surface area contributed by atoms with Crippen molar-refractivity contribution in [3.63, 3.8) is 0 Å². The molecule has 144 valence electrons. The molecule has 0 rings (SSSR count). The van der Waals surface area contributed by atoms with Gasteiger partial charge in [0.1, 0.15) is 0 Å². The smallest absolute Gasteiger partial charge is 0.305 e. The number of carbonyl (C=O) groups is 1. The molecule has 0 aliphatic heterocycles. The fourth-order valence-electron chi connectivity index (χ4n) is 3.15. The summed E-state index contributed by atoms with van der Waals surface area (Å²) in [5.74, 6) is 1.31. The molecule has 0 heterocycles. The number of hydrogen-bond acceptors (Lipinski definition) is 2. The standard InChI is InChI=1S/C22H44O2/c1-5-7-8-9-10-11-12-13-14-16-22(23)24-19-21(15-6-2)18-17-20(3)4/h20-21H,5-19H2,1-4H3. The van der Waals surface area contributed by atoms with Crippen molar-refractivity contribution in [1.82, 2.24) is 0 Å². The summed E-state index contributed by atoms with van der Waals surface area (Å²) in [6, 6.07) is 0. The second kappa shape index (κ2) is 17.3. The first-order valence-electron chi connectivity index (χ1n) is 10.8. The summed E-state index contributed by atoms with van der Waals surface area (Å²) in [6.07, 6.45) is 17.0. The Labute approximate surface area is 152 Å². The van der Waals surface area contributed by atoms with Gasteiger partial charge in [-0.3, -0.25) is 4.79 Å². The topological polar surface area (TPSA) is 26.3 Å². The quantitative estimate of drug-likeness (QED) is 0.205. The highest BCUT2D eigenvalue weighted by atomic mass is 16.5. The highest BCUT2D eigenvalue weighted by molar-refractivity contribution is 5.69. The predicted octanol–water partition coefficient (Wildman–Crippen LogP) is 7.30. The van der Waals surface area contributed by atoms with Crippen molar-refractivity contribution in [2.75, 3.05) is 6.61 Å².